The number of nitrogens with zero attached hydrogens (tertiary/aromatic N) is 1. The van der Waals surface area contributed by atoms with E-state index in [9.17, 15) is 0 Å². The highest BCUT2D eigenvalue weighted by Gasteiger charge is 1.99. The molecule has 0 saturated carbocycles. The maximum Gasteiger partial charge on any atom is 0.0273 e. The molecule has 0 aromatic heterocycles. The van der Waals surface area contributed by atoms with Gasteiger partial charge in [-0.05, 0) is 32.4 Å². The molecule has 0 rings (SSSR count). The van der Waals surface area contributed by atoms with Crippen LogP contribution in [0.4, 0.5) is 0 Å². The molecule has 10 heavy (non-hydrogen) atoms. The van der Waals surface area contributed by atoms with E-state index in [1.54, 1.807) is 0 Å². The van der Waals surface area contributed by atoms with E-state index >= 15 is 0 Å². The molecule has 1 N–H and O–H groups in total. The molecule has 0 saturated heterocycles. The third-order valence-corrected chi connectivity index (χ3v) is 1.65. The molecule has 0 radical (unpaired) electrons. The highest BCUT2D eigenvalue weighted by molar-refractivity contribution is 5.60. The minimum atomic E-state index is 0.664. The summed E-state index contributed by atoms with van der Waals surface area (Å²) < 4.78 is 0. The topological polar surface area (TPSA) is 24.4 Å². The molecule has 0 heterocycles. The predicted molar refractivity (Wildman–Crippen MR) is 46.7 cm³/mol. The van der Waals surface area contributed by atoms with Gasteiger partial charge in [0.25, 0.3) is 0 Å². The van der Waals surface area contributed by atoms with Crippen molar-refractivity contribution in [2.24, 2.45) is 10.9 Å². The lowest BCUT2D eigenvalue weighted by Gasteiger charge is -2.06. The molecule has 1 unspecified atom stereocenters. The Morgan fingerprint density at radius 3 is 2.70 bits per heavy atom. The van der Waals surface area contributed by atoms with E-state index < -0.39 is 0 Å². The molecule has 0 spiro atoms. The first-order chi connectivity index (χ1) is 4.85. The van der Waals surface area contributed by atoms with Crippen LogP contribution in [0.3, 0.4) is 0 Å². The Hall–Kier alpha value is -0.370. The molecule has 1 atom stereocenters. The quantitative estimate of drug-likeness (QED) is 0.575. The molecule has 60 valence electrons. The van der Waals surface area contributed by atoms with Crippen LogP contribution in [0, 0.1) is 5.92 Å². The lowest BCUT2D eigenvalue weighted by Crippen LogP contribution is -2.13. The summed E-state index contributed by atoms with van der Waals surface area (Å²) in [6.45, 7) is 3.28. The molecule has 0 aliphatic heterocycles. The first-order valence-corrected chi connectivity index (χ1v) is 3.92. The molecule has 0 aromatic carbocycles. The van der Waals surface area contributed by atoms with Gasteiger partial charge in [0.2, 0.25) is 0 Å². The third-order valence-electron chi connectivity index (χ3n) is 1.65. The zero-order valence-corrected chi connectivity index (χ0v) is 7.22. The van der Waals surface area contributed by atoms with Gasteiger partial charge in [0.1, 0.15) is 0 Å². The van der Waals surface area contributed by atoms with Crippen LogP contribution >= 0.6 is 0 Å². The van der Waals surface area contributed by atoms with E-state index in [4.69, 9.17) is 0 Å². The van der Waals surface area contributed by atoms with Crippen molar-refractivity contribution in [2.45, 2.75) is 19.8 Å². The summed E-state index contributed by atoms with van der Waals surface area (Å²) in [6, 6.07) is 0. The van der Waals surface area contributed by atoms with E-state index in [2.05, 4.69) is 17.2 Å². The second-order valence-corrected chi connectivity index (χ2v) is 2.47. The normalized spacial score (nSPS) is 14.3. The van der Waals surface area contributed by atoms with Crippen molar-refractivity contribution in [1.82, 2.24) is 5.32 Å². The molecule has 0 amide bonds. The maximum absolute atomic E-state index is 4.01. The monoisotopic (exact) mass is 142 g/mol. The Bertz CT molecular complexity index is 89.3. The Balaban J connectivity index is 3.39. The highest BCUT2D eigenvalue weighted by Crippen LogP contribution is 2.02. The van der Waals surface area contributed by atoms with Gasteiger partial charge in [-0.3, -0.25) is 0 Å². The number of rotatable bonds is 5. The van der Waals surface area contributed by atoms with Gasteiger partial charge in [-0.2, -0.15) is 0 Å². The average molecular weight is 142 g/mol. The van der Waals surface area contributed by atoms with Crippen LogP contribution < -0.4 is 5.32 Å². The third kappa shape index (κ3) is 4.50. The van der Waals surface area contributed by atoms with E-state index in [-0.39, 0.29) is 0 Å². The van der Waals surface area contributed by atoms with Crippen molar-refractivity contribution in [3.63, 3.8) is 0 Å². The molecule has 0 aromatic rings. The van der Waals surface area contributed by atoms with Crippen LogP contribution in [0.5, 0.6) is 0 Å². The largest absolute Gasteiger partial charge is 0.320 e. The van der Waals surface area contributed by atoms with E-state index in [1.165, 1.54) is 12.8 Å². The predicted octanol–water partition coefficient (Wildman–Crippen LogP) is 1.32. The van der Waals surface area contributed by atoms with Crippen LogP contribution in [0.15, 0.2) is 4.99 Å². The number of hydrogen-bond donors (Lipinski definition) is 1. The minimum Gasteiger partial charge on any atom is -0.320 e. The molecule has 2 heteroatoms. The summed E-state index contributed by atoms with van der Waals surface area (Å²) in [4.78, 5) is 4.01. The molecule has 0 fully saturated rings. The van der Waals surface area contributed by atoms with Gasteiger partial charge < -0.3 is 10.3 Å². The second kappa shape index (κ2) is 6.75. The SMILES string of the molecule is CCC(C=NC)CCNC. The summed E-state index contributed by atoms with van der Waals surface area (Å²) in [7, 11) is 3.82. The Morgan fingerprint density at radius 1 is 1.60 bits per heavy atom. The first-order valence-electron chi connectivity index (χ1n) is 3.92. The van der Waals surface area contributed by atoms with Crippen molar-refractivity contribution in [3.05, 3.63) is 0 Å². The van der Waals surface area contributed by atoms with Crippen molar-refractivity contribution >= 4 is 6.21 Å². The molecular weight excluding hydrogens is 124 g/mol. The van der Waals surface area contributed by atoms with Crippen LogP contribution in [0.2, 0.25) is 0 Å². The Labute approximate surface area is 63.7 Å². The minimum absolute atomic E-state index is 0.664. The lowest BCUT2D eigenvalue weighted by molar-refractivity contribution is 0.588. The molecular formula is C8H18N2. The van der Waals surface area contributed by atoms with Gasteiger partial charge in [-0.25, -0.2) is 0 Å². The van der Waals surface area contributed by atoms with Crippen molar-refractivity contribution in [2.75, 3.05) is 20.6 Å². The lowest BCUT2D eigenvalue weighted by atomic mass is 10.0. The van der Waals surface area contributed by atoms with E-state index in [0.29, 0.717) is 5.92 Å². The van der Waals surface area contributed by atoms with Gasteiger partial charge in [0.15, 0.2) is 0 Å². The standard InChI is InChI=1S/C8H18N2/c1-4-8(7-10-3)5-6-9-2/h7-9H,4-6H2,1-3H3. The smallest absolute Gasteiger partial charge is 0.0273 e. The van der Waals surface area contributed by atoms with Gasteiger partial charge in [0, 0.05) is 13.3 Å². The van der Waals surface area contributed by atoms with Gasteiger partial charge in [0.05, 0.1) is 0 Å². The fourth-order valence-corrected chi connectivity index (χ4v) is 0.925. The average Bonchev–Trinajstić information content (AvgIpc) is 1.98. The first kappa shape index (κ1) is 9.63. The van der Waals surface area contributed by atoms with Crippen LogP contribution in [-0.2, 0) is 0 Å². The fourth-order valence-electron chi connectivity index (χ4n) is 0.925. The molecule has 2 nitrogen and oxygen atoms in total. The van der Waals surface area contributed by atoms with Crippen molar-refractivity contribution in [3.8, 4) is 0 Å². The number of hydrogen-bond acceptors (Lipinski definition) is 2. The van der Waals surface area contributed by atoms with Gasteiger partial charge in [-0.1, -0.05) is 6.92 Å². The zero-order chi connectivity index (χ0) is 7.82. The van der Waals surface area contributed by atoms with E-state index in [0.717, 1.165) is 6.54 Å². The van der Waals surface area contributed by atoms with Gasteiger partial charge in [-0.15, -0.1) is 0 Å². The summed E-state index contributed by atoms with van der Waals surface area (Å²) in [5.74, 6) is 0.664. The summed E-state index contributed by atoms with van der Waals surface area (Å²) in [6.07, 6.45) is 4.43. The molecule has 0 bridgehead atoms. The highest BCUT2D eigenvalue weighted by atomic mass is 14.8. The van der Waals surface area contributed by atoms with Crippen LogP contribution in [0.25, 0.3) is 0 Å². The van der Waals surface area contributed by atoms with Gasteiger partial charge >= 0.3 is 0 Å². The molecule has 0 aliphatic carbocycles. The zero-order valence-electron chi connectivity index (χ0n) is 7.22. The summed E-state index contributed by atoms with van der Waals surface area (Å²) in [5, 5.41) is 3.13. The van der Waals surface area contributed by atoms with Crippen LogP contribution in [-0.4, -0.2) is 26.9 Å². The van der Waals surface area contributed by atoms with Crippen molar-refractivity contribution in [1.29, 1.82) is 0 Å². The fraction of sp³-hybridized carbons (Fsp3) is 0.875. The Kier molecular flexibility index (Phi) is 6.50. The summed E-state index contributed by atoms with van der Waals surface area (Å²) >= 11 is 0. The summed E-state index contributed by atoms with van der Waals surface area (Å²) in [5.41, 5.74) is 0. The molecule has 0 aliphatic rings. The van der Waals surface area contributed by atoms with Crippen molar-refractivity contribution < 1.29 is 0 Å². The Morgan fingerprint density at radius 2 is 2.30 bits per heavy atom. The maximum atomic E-state index is 4.01. The van der Waals surface area contributed by atoms with E-state index in [1.807, 2.05) is 20.3 Å². The number of nitrogens with one attached hydrogen (secondary N) is 1. The van der Waals surface area contributed by atoms with Crippen LogP contribution in [0.1, 0.15) is 19.8 Å². The second-order valence-electron chi connectivity index (χ2n) is 2.47. The number of aliphatic imine (C=N–C) groups is 1.